The van der Waals surface area contributed by atoms with E-state index in [9.17, 15) is 14.7 Å². The van der Waals surface area contributed by atoms with Crippen LogP contribution in [0, 0.1) is 6.92 Å². The zero-order chi connectivity index (χ0) is 21.0. The highest BCUT2D eigenvalue weighted by molar-refractivity contribution is 6.46. The van der Waals surface area contributed by atoms with Crippen molar-refractivity contribution in [2.75, 3.05) is 27.4 Å². The van der Waals surface area contributed by atoms with Crippen LogP contribution in [0.5, 0.6) is 5.75 Å². The molecule has 1 amide bonds. The smallest absolute Gasteiger partial charge is 0.295 e. The number of carbonyl (C=O) groups excluding carboxylic acids is 2. The number of ether oxygens (including phenoxy) is 2. The second-order valence-electron chi connectivity index (χ2n) is 6.95. The number of Topliss-reactive ketones (excluding diaryl/α,β-unsaturated/α-hetero) is 1. The highest BCUT2D eigenvalue weighted by Crippen LogP contribution is 2.42. The van der Waals surface area contributed by atoms with Crippen LogP contribution in [-0.4, -0.2) is 49.1 Å². The number of nitrogens with zero attached hydrogens (tertiary/aromatic N) is 1. The number of methoxy groups -OCH3 is 2. The van der Waals surface area contributed by atoms with Gasteiger partial charge in [0.2, 0.25) is 0 Å². The molecule has 0 radical (unpaired) electrons. The van der Waals surface area contributed by atoms with E-state index in [2.05, 4.69) is 0 Å². The molecule has 2 aromatic rings. The van der Waals surface area contributed by atoms with Gasteiger partial charge >= 0.3 is 0 Å². The molecule has 1 aliphatic heterocycles. The minimum absolute atomic E-state index is 0.0702. The van der Waals surface area contributed by atoms with Crippen molar-refractivity contribution in [1.29, 1.82) is 0 Å². The van der Waals surface area contributed by atoms with Crippen LogP contribution in [0.1, 0.15) is 29.2 Å². The molecule has 0 unspecified atom stereocenters. The van der Waals surface area contributed by atoms with E-state index in [4.69, 9.17) is 9.47 Å². The molecule has 152 valence electrons. The third-order valence-corrected chi connectivity index (χ3v) is 5.05. The summed E-state index contributed by atoms with van der Waals surface area (Å²) in [5.74, 6) is -0.971. The van der Waals surface area contributed by atoms with E-state index in [1.54, 1.807) is 31.4 Å². The Morgan fingerprint density at radius 1 is 1.07 bits per heavy atom. The monoisotopic (exact) mass is 395 g/mol. The molecular weight excluding hydrogens is 370 g/mol. The van der Waals surface area contributed by atoms with Crippen LogP contribution < -0.4 is 4.74 Å². The van der Waals surface area contributed by atoms with E-state index in [0.29, 0.717) is 36.4 Å². The summed E-state index contributed by atoms with van der Waals surface area (Å²) in [6, 6.07) is 13.7. The maximum atomic E-state index is 12.9. The molecule has 0 saturated carbocycles. The minimum Gasteiger partial charge on any atom is -0.507 e. The van der Waals surface area contributed by atoms with Gasteiger partial charge in [0.05, 0.1) is 18.7 Å². The maximum absolute atomic E-state index is 12.9. The van der Waals surface area contributed by atoms with Gasteiger partial charge in [-0.05, 0) is 19.4 Å². The van der Waals surface area contributed by atoms with Gasteiger partial charge in [-0.25, -0.2) is 0 Å². The van der Waals surface area contributed by atoms with Gasteiger partial charge in [0.1, 0.15) is 11.5 Å². The lowest BCUT2D eigenvalue weighted by Crippen LogP contribution is -2.31. The number of para-hydroxylation sites is 1. The number of carbonyl (C=O) groups is 2. The third-order valence-electron chi connectivity index (χ3n) is 5.05. The molecule has 2 aromatic carbocycles. The predicted octanol–water partition coefficient (Wildman–Crippen LogP) is 3.46. The molecule has 1 aliphatic rings. The van der Waals surface area contributed by atoms with E-state index >= 15 is 0 Å². The van der Waals surface area contributed by atoms with Crippen molar-refractivity contribution in [2.45, 2.75) is 19.4 Å². The van der Waals surface area contributed by atoms with Crippen LogP contribution in [0.3, 0.4) is 0 Å². The fraction of sp³-hybridized carbons (Fsp3) is 0.304. The number of likely N-dealkylation sites (tertiary alicyclic amines) is 1. The topological polar surface area (TPSA) is 76.1 Å². The van der Waals surface area contributed by atoms with Gasteiger partial charge in [0, 0.05) is 31.4 Å². The molecule has 29 heavy (non-hydrogen) atoms. The molecular formula is C23H25NO5. The molecule has 0 aromatic heterocycles. The van der Waals surface area contributed by atoms with Gasteiger partial charge in [0.15, 0.2) is 0 Å². The summed E-state index contributed by atoms with van der Waals surface area (Å²) >= 11 is 0. The van der Waals surface area contributed by atoms with E-state index in [0.717, 1.165) is 5.56 Å². The van der Waals surface area contributed by atoms with Gasteiger partial charge < -0.3 is 19.5 Å². The molecule has 1 atom stereocenters. The fourth-order valence-electron chi connectivity index (χ4n) is 3.57. The zero-order valence-electron chi connectivity index (χ0n) is 16.8. The first-order chi connectivity index (χ1) is 14.0. The summed E-state index contributed by atoms with van der Waals surface area (Å²) in [6.45, 7) is 2.72. The molecule has 3 rings (SSSR count). The standard InChI is InChI=1S/C23H25NO5/c1-15-9-11-16(12-10-15)21(25)19-20(17-7-4-5-8-18(17)29-3)24(13-6-14-28-2)23(27)22(19)26/h4-5,7-12,20,25H,6,13-14H2,1-3H3/b21-19+/t20-/m1/s1. The fourth-order valence-corrected chi connectivity index (χ4v) is 3.57. The largest absolute Gasteiger partial charge is 0.507 e. The Morgan fingerprint density at radius 2 is 1.76 bits per heavy atom. The van der Waals surface area contributed by atoms with Gasteiger partial charge in [-0.3, -0.25) is 9.59 Å². The summed E-state index contributed by atoms with van der Waals surface area (Å²) in [5.41, 5.74) is 2.24. The van der Waals surface area contributed by atoms with Gasteiger partial charge in [-0.1, -0.05) is 48.0 Å². The van der Waals surface area contributed by atoms with Gasteiger partial charge in [-0.15, -0.1) is 0 Å². The second-order valence-corrected chi connectivity index (χ2v) is 6.95. The summed E-state index contributed by atoms with van der Waals surface area (Å²) in [6.07, 6.45) is 0.569. The van der Waals surface area contributed by atoms with Crippen molar-refractivity contribution in [3.63, 3.8) is 0 Å². The average molecular weight is 395 g/mol. The van der Waals surface area contributed by atoms with Crippen molar-refractivity contribution in [3.8, 4) is 5.75 Å². The molecule has 0 spiro atoms. The van der Waals surface area contributed by atoms with Crippen molar-refractivity contribution in [2.24, 2.45) is 0 Å². The molecule has 0 aliphatic carbocycles. The van der Waals surface area contributed by atoms with Crippen molar-refractivity contribution in [3.05, 3.63) is 70.8 Å². The van der Waals surface area contributed by atoms with E-state index in [1.165, 1.54) is 12.0 Å². The quantitative estimate of drug-likeness (QED) is 0.336. The Hall–Kier alpha value is -3.12. The lowest BCUT2D eigenvalue weighted by molar-refractivity contribution is -0.140. The van der Waals surface area contributed by atoms with Gasteiger partial charge in [0.25, 0.3) is 11.7 Å². The van der Waals surface area contributed by atoms with Crippen LogP contribution in [-0.2, 0) is 14.3 Å². The van der Waals surface area contributed by atoms with E-state index < -0.39 is 17.7 Å². The van der Waals surface area contributed by atoms with Crippen LogP contribution in [0.4, 0.5) is 0 Å². The lowest BCUT2D eigenvalue weighted by Gasteiger charge is -2.26. The summed E-state index contributed by atoms with van der Waals surface area (Å²) in [4.78, 5) is 27.3. The number of aliphatic hydroxyl groups is 1. The average Bonchev–Trinajstić information content (AvgIpc) is 2.98. The van der Waals surface area contributed by atoms with Gasteiger partial charge in [-0.2, -0.15) is 0 Å². The van der Waals surface area contributed by atoms with E-state index in [-0.39, 0.29) is 11.3 Å². The Bertz CT molecular complexity index is 933. The number of aliphatic hydroxyl groups excluding tert-OH is 1. The first-order valence-corrected chi connectivity index (χ1v) is 9.47. The Labute approximate surface area is 170 Å². The number of amides is 1. The first kappa shape index (κ1) is 20.6. The van der Waals surface area contributed by atoms with E-state index in [1.807, 2.05) is 31.2 Å². The third kappa shape index (κ3) is 4.03. The molecule has 6 heteroatoms. The van der Waals surface area contributed by atoms with Crippen LogP contribution in [0.25, 0.3) is 5.76 Å². The molecule has 1 N–H and O–H groups in total. The number of benzene rings is 2. The molecule has 6 nitrogen and oxygen atoms in total. The summed E-state index contributed by atoms with van der Waals surface area (Å²) in [7, 11) is 3.12. The normalized spacial score (nSPS) is 18.3. The minimum atomic E-state index is -0.732. The SMILES string of the molecule is COCCCN1C(=O)C(=O)/C(=C(/O)c2ccc(C)cc2)[C@H]1c1ccccc1OC. The number of rotatable bonds is 7. The number of ketones is 1. The second kappa shape index (κ2) is 8.92. The number of aryl methyl sites for hydroxylation is 1. The Balaban J connectivity index is 2.16. The highest BCUT2D eigenvalue weighted by Gasteiger charge is 2.46. The summed E-state index contributed by atoms with van der Waals surface area (Å²) in [5, 5.41) is 11.0. The number of hydrogen-bond acceptors (Lipinski definition) is 5. The van der Waals surface area contributed by atoms with Crippen LogP contribution in [0.15, 0.2) is 54.1 Å². The zero-order valence-corrected chi connectivity index (χ0v) is 16.8. The van der Waals surface area contributed by atoms with Crippen molar-refractivity contribution < 1.29 is 24.2 Å². The first-order valence-electron chi connectivity index (χ1n) is 9.47. The molecule has 1 saturated heterocycles. The Morgan fingerprint density at radius 3 is 2.41 bits per heavy atom. The summed E-state index contributed by atoms with van der Waals surface area (Å²) < 4.78 is 10.6. The molecule has 1 heterocycles. The Kier molecular flexibility index (Phi) is 6.34. The van der Waals surface area contributed by atoms with Crippen LogP contribution >= 0.6 is 0 Å². The predicted molar refractivity (Wildman–Crippen MR) is 110 cm³/mol. The highest BCUT2D eigenvalue weighted by atomic mass is 16.5. The number of hydrogen-bond donors (Lipinski definition) is 1. The maximum Gasteiger partial charge on any atom is 0.295 e. The molecule has 0 bridgehead atoms. The lowest BCUT2D eigenvalue weighted by atomic mass is 9.94. The van der Waals surface area contributed by atoms with Crippen LogP contribution in [0.2, 0.25) is 0 Å². The van der Waals surface area contributed by atoms with Crippen molar-refractivity contribution >= 4 is 17.4 Å². The van der Waals surface area contributed by atoms with Crippen molar-refractivity contribution in [1.82, 2.24) is 4.90 Å². The molecule has 1 fully saturated rings.